The Bertz CT molecular complexity index is 192. The Balaban J connectivity index is 2.44. The van der Waals surface area contributed by atoms with Gasteiger partial charge in [0.25, 0.3) is 0 Å². The molecule has 1 aliphatic heterocycles. The van der Waals surface area contributed by atoms with Gasteiger partial charge in [-0.25, -0.2) is 4.79 Å². The van der Waals surface area contributed by atoms with Gasteiger partial charge < -0.3 is 9.64 Å². The maximum Gasteiger partial charge on any atom is 0.409 e. The lowest BCUT2D eigenvalue weighted by atomic mass is 9.89. The molecule has 0 aromatic heterocycles. The molecule has 1 unspecified atom stereocenters. The largest absolute Gasteiger partial charge is 0.453 e. The summed E-state index contributed by atoms with van der Waals surface area (Å²) in [5.41, 5.74) is 0. The Morgan fingerprint density at radius 2 is 2.07 bits per heavy atom. The van der Waals surface area contributed by atoms with E-state index in [1.807, 2.05) is 4.90 Å². The number of amides is 1. The fourth-order valence-electron chi connectivity index (χ4n) is 2.10. The number of carbonyl (C=O) groups excluding carboxylic acids is 1. The minimum Gasteiger partial charge on any atom is -0.453 e. The van der Waals surface area contributed by atoms with Gasteiger partial charge in [0.1, 0.15) is 0 Å². The van der Waals surface area contributed by atoms with E-state index in [0.29, 0.717) is 0 Å². The van der Waals surface area contributed by atoms with Crippen LogP contribution in [0.1, 0.15) is 33.1 Å². The summed E-state index contributed by atoms with van der Waals surface area (Å²) >= 11 is 0. The topological polar surface area (TPSA) is 29.5 Å². The molecule has 0 spiro atoms. The van der Waals surface area contributed by atoms with Crippen LogP contribution < -0.4 is 0 Å². The average Bonchev–Trinajstić information content (AvgIpc) is 2.41. The van der Waals surface area contributed by atoms with Gasteiger partial charge in [0.05, 0.1) is 7.11 Å². The number of likely N-dealkylation sites (tertiary alicyclic amines) is 1. The van der Waals surface area contributed by atoms with Crippen LogP contribution in [-0.2, 0) is 4.74 Å². The Labute approximate surface area is 86.4 Å². The molecule has 1 heterocycles. The van der Waals surface area contributed by atoms with Crippen molar-refractivity contribution in [1.82, 2.24) is 4.90 Å². The van der Waals surface area contributed by atoms with E-state index in [4.69, 9.17) is 4.74 Å². The molecule has 1 atom stereocenters. The van der Waals surface area contributed by atoms with Gasteiger partial charge in [0.2, 0.25) is 0 Å². The SMILES string of the molecule is COC(=O)N1CCCC(C(C)C)CC1. The molecule has 82 valence electrons. The van der Waals surface area contributed by atoms with Crippen molar-refractivity contribution in [3.63, 3.8) is 0 Å². The van der Waals surface area contributed by atoms with Crippen LogP contribution in [0, 0.1) is 11.8 Å². The van der Waals surface area contributed by atoms with Crippen molar-refractivity contribution >= 4 is 6.09 Å². The van der Waals surface area contributed by atoms with Crippen LogP contribution in [0.3, 0.4) is 0 Å². The second kappa shape index (κ2) is 5.23. The number of hydrogen-bond acceptors (Lipinski definition) is 2. The minimum absolute atomic E-state index is 0.172. The summed E-state index contributed by atoms with van der Waals surface area (Å²) in [5.74, 6) is 1.50. The quantitative estimate of drug-likeness (QED) is 0.649. The molecule has 0 aromatic carbocycles. The van der Waals surface area contributed by atoms with E-state index in [9.17, 15) is 4.79 Å². The molecule has 0 aliphatic carbocycles. The molecule has 3 heteroatoms. The van der Waals surface area contributed by atoms with Crippen LogP contribution in [0.2, 0.25) is 0 Å². The van der Waals surface area contributed by atoms with Gasteiger partial charge in [-0.3, -0.25) is 0 Å². The molecule has 1 fully saturated rings. The third-order valence-electron chi connectivity index (χ3n) is 3.15. The Morgan fingerprint density at radius 3 is 2.64 bits per heavy atom. The fraction of sp³-hybridized carbons (Fsp3) is 0.909. The smallest absolute Gasteiger partial charge is 0.409 e. The molecule has 0 radical (unpaired) electrons. The molecule has 0 bridgehead atoms. The van der Waals surface area contributed by atoms with Gasteiger partial charge in [0.15, 0.2) is 0 Å². The maximum absolute atomic E-state index is 11.3. The van der Waals surface area contributed by atoms with Crippen molar-refractivity contribution < 1.29 is 9.53 Å². The van der Waals surface area contributed by atoms with Gasteiger partial charge in [-0.15, -0.1) is 0 Å². The second-order valence-electron chi connectivity index (χ2n) is 4.39. The molecule has 1 saturated heterocycles. The van der Waals surface area contributed by atoms with E-state index < -0.39 is 0 Å². The highest BCUT2D eigenvalue weighted by atomic mass is 16.5. The van der Waals surface area contributed by atoms with Crippen molar-refractivity contribution in [3.05, 3.63) is 0 Å². The van der Waals surface area contributed by atoms with E-state index >= 15 is 0 Å². The van der Waals surface area contributed by atoms with Crippen molar-refractivity contribution in [3.8, 4) is 0 Å². The molecule has 1 aliphatic rings. The molecule has 0 aromatic rings. The van der Waals surface area contributed by atoms with E-state index in [0.717, 1.165) is 37.8 Å². The van der Waals surface area contributed by atoms with Gasteiger partial charge >= 0.3 is 6.09 Å². The van der Waals surface area contributed by atoms with E-state index in [-0.39, 0.29) is 6.09 Å². The predicted molar refractivity (Wildman–Crippen MR) is 56.2 cm³/mol. The minimum atomic E-state index is -0.172. The third-order valence-corrected chi connectivity index (χ3v) is 3.15. The lowest BCUT2D eigenvalue weighted by molar-refractivity contribution is 0.124. The number of nitrogens with zero attached hydrogens (tertiary/aromatic N) is 1. The van der Waals surface area contributed by atoms with Gasteiger partial charge in [-0.05, 0) is 31.1 Å². The van der Waals surface area contributed by atoms with Gasteiger partial charge in [0, 0.05) is 13.1 Å². The fourth-order valence-corrected chi connectivity index (χ4v) is 2.10. The van der Waals surface area contributed by atoms with Crippen LogP contribution in [0.4, 0.5) is 4.79 Å². The standard InChI is InChI=1S/C11H21NO2/c1-9(2)10-5-4-7-12(8-6-10)11(13)14-3/h9-10H,4-8H2,1-3H3. The zero-order valence-corrected chi connectivity index (χ0v) is 9.45. The monoisotopic (exact) mass is 199 g/mol. The number of ether oxygens (including phenoxy) is 1. The predicted octanol–water partition coefficient (Wildman–Crippen LogP) is 2.51. The maximum atomic E-state index is 11.3. The lowest BCUT2D eigenvalue weighted by Crippen LogP contribution is -2.31. The van der Waals surface area contributed by atoms with Gasteiger partial charge in [-0.1, -0.05) is 13.8 Å². The molecular weight excluding hydrogens is 178 g/mol. The zero-order valence-electron chi connectivity index (χ0n) is 9.45. The highest BCUT2D eigenvalue weighted by Gasteiger charge is 2.22. The summed E-state index contributed by atoms with van der Waals surface area (Å²) in [4.78, 5) is 13.1. The summed E-state index contributed by atoms with van der Waals surface area (Å²) in [6.07, 6.45) is 3.30. The number of hydrogen-bond donors (Lipinski definition) is 0. The Morgan fingerprint density at radius 1 is 1.36 bits per heavy atom. The summed E-state index contributed by atoms with van der Waals surface area (Å²) in [6.45, 7) is 6.24. The summed E-state index contributed by atoms with van der Waals surface area (Å²) < 4.78 is 4.73. The molecular formula is C11H21NO2. The van der Waals surface area contributed by atoms with Crippen molar-refractivity contribution in [2.75, 3.05) is 20.2 Å². The van der Waals surface area contributed by atoms with E-state index in [1.165, 1.54) is 13.5 Å². The zero-order chi connectivity index (χ0) is 10.6. The normalized spacial score (nSPS) is 23.4. The third kappa shape index (κ3) is 2.89. The molecule has 14 heavy (non-hydrogen) atoms. The van der Waals surface area contributed by atoms with E-state index in [2.05, 4.69) is 13.8 Å². The molecule has 1 amide bonds. The van der Waals surface area contributed by atoms with Crippen molar-refractivity contribution in [2.45, 2.75) is 33.1 Å². The second-order valence-corrected chi connectivity index (χ2v) is 4.39. The summed E-state index contributed by atoms with van der Waals surface area (Å²) in [6, 6.07) is 0. The van der Waals surface area contributed by atoms with Crippen LogP contribution >= 0.6 is 0 Å². The van der Waals surface area contributed by atoms with E-state index in [1.54, 1.807) is 0 Å². The van der Waals surface area contributed by atoms with Crippen molar-refractivity contribution in [2.24, 2.45) is 11.8 Å². The molecule has 1 rings (SSSR count). The summed E-state index contributed by atoms with van der Waals surface area (Å²) in [7, 11) is 1.45. The Hall–Kier alpha value is -0.730. The first kappa shape index (κ1) is 11.3. The number of methoxy groups -OCH3 is 1. The van der Waals surface area contributed by atoms with Crippen molar-refractivity contribution in [1.29, 1.82) is 0 Å². The number of rotatable bonds is 1. The highest BCUT2D eigenvalue weighted by molar-refractivity contribution is 5.67. The first-order valence-electron chi connectivity index (χ1n) is 5.48. The van der Waals surface area contributed by atoms with Crippen LogP contribution in [0.5, 0.6) is 0 Å². The van der Waals surface area contributed by atoms with Crippen LogP contribution in [0.15, 0.2) is 0 Å². The highest BCUT2D eigenvalue weighted by Crippen LogP contribution is 2.24. The molecule has 3 nitrogen and oxygen atoms in total. The first-order chi connectivity index (χ1) is 6.65. The molecule has 0 saturated carbocycles. The number of carbonyl (C=O) groups is 1. The summed E-state index contributed by atoms with van der Waals surface area (Å²) in [5, 5.41) is 0. The van der Waals surface area contributed by atoms with Crippen LogP contribution in [0.25, 0.3) is 0 Å². The Kier molecular flexibility index (Phi) is 4.23. The van der Waals surface area contributed by atoms with Crippen LogP contribution in [-0.4, -0.2) is 31.2 Å². The lowest BCUT2D eigenvalue weighted by Gasteiger charge is -2.20. The van der Waals surface area contributed by atoms with Gasteiger partial charge in [-0.2, -0.15) is 0 Å². The first-order valence-corrected chi connectivity index (χ1v) is 5.48. The average molecular weight is 199 g/mol. The molecule has 0 N–H and O–H groups in total.